The van der Waals surface area contributed by atoms with E-state index in [4.69, 9.17) is 0 Å². The molecular formula is C15H20S. The van der Waals surface area contributed by atoms with Crippen LogP contribution >= 0.6 is 11.8 Å². The van der Waals surface area contributed by atoms with Crippen molar-refractivity contribution in [1.82, 2.24) is 0 Å². The molecule has 16 heavy (non-hydrogen) atoms. The van der Waals surface area contributed by atoms with Crippen molar-refractivity contribution in [3.8, 4) is 0 Å². The molecule has 1 aromatic carbocycles. The van der Waals surface area contributed by atoms with Crippen molar-refractivity contribution in [2.75, 3.05) is 5.75 Å². The Morgan fingerprint density at radius 1 is 1.06 bits per heavy atom. The SMILES string of the molecule is CC(C)=CCC/C=C/CSc1ccccc1. The van der Waals surface area contributed by atoms with Crippen LogP contribution in [0, 0.1) is 0 Å². The van der Waals surface area contributed by atoms with Gasteiger partial charge in [-0.1, -0.05) is 42.0 Å². The van der Waals surface area contributed by atoms with Crippen molar-refractivity contribution >= 4 is 11.8 Å². The van der Waals surface area contributed by atoms with E-state index in [1.54, 1.807) is 0 Å². The first-order valence-electron chi connectivity index (χ1n) is 5.75. The predicted molar refractivity (Wildman–Crippen MR) is 75.0 cm³/mol. The number of thioether (sulfide) groups is 1. The van der Waals surface area contributed by atoms with Gasteiger partial charge < -0.3 is 0 Å². The Labute approximate surface area is 103 Å². The summed E-state index contributed by atoms with van der Waals surface area (Å²) in [5.74, 6) is 1.07. The van der Waals surface area contributed by atoms with Crippen LogP contribution in [0.1, 0.15) is 26.7 Å². The maximum atomic E-state index is 2.29. The fraction of sp³-hybridized carbons (Fsp3) is 0.333. The maximum Gasteiger partial charge on any atom is 0.0160 e. The van der Waals surface area contributed by atoms with Gasteiger partial charge in [0.1, 0.15) is 0 Å². The second-order valence-electron chi connectivity index (χ2n) is 3.95. The highest BCUT2D eigenvalue weighted by atomic mass is 32.2. The molecule has 0 spiro atoms. The highest BCUT2D eigenvalue weighted by Crippen LogP contribution is 2.16. The summed E-state index contributed by atoms with van der Waals surface area (Å²) in [5.41, 5.74) is 1.41. The highest BCUT2D eigenvalue weighted by Gasteiger charge is 1.88. The number of hydrogen-bond donors (Lipinski definition) is 0. The lowest BCUT2D eigenvalue weighted by molar-refractivity contribution is 1.03. The van der Waals surface area contributed by atoms with Gasteiger partial charge in [0.25, 0.3) is 0 Å². The Hall–Kier alpha value is -0.950. The minimum atomic E-state index is 1.07. The van der Waals surface area contributed by atoms with Gasteiger partial charge in [-0.05, 0) is 38.8 Å². The molecule has 0 radical (unpaired) electrons. The average molecular weight is 232 g/mol. The molecule has 0 saturated heterocycles. The summed E-state index contributed by atoms with van der Waals surface area (Å²) in [7, 11) is 0. The van der Waals surface area contributed by atoms with Gasteiger partial charge in [-0.3, -0.25) is 0 Å². The summed E-state index contributed by atoms with van der Waals surface area (Å²) in [6, 6.07) is 10.5. The Balaban J connectivity index is 2.11. The van der Waals surface area contributed by atoms with Crippen LogP contribution in [0.2, 0.25) is 0 Å². The topological polar surface area (TPSA) is 0 Å². The standard InChI is InChI=1S/C15H20S/c1-14(2)10-6-3-4-9-13-16-15-11-7-5-8-12-15/h4-5,7-12H,3,6,13H2,1-2H3/b9-4+. The first-order valence-corrected chi connectivity index (χ1v) is 6.74. The zero-order valence-electron chi connectivity index (χ0n) is 10.1. The van der Waals surface area contributed by atoms with Gasteiger partial charge in [0.15, 0.2) is 0 Å². The van der Waals surface area contributed by atoms with Crippen LogP contribution in [0.15, 0.2) is 59.0 Å². The van der Waals surface area contributed by atoms with E-state index in [9.17, 15) is 0 Å². The first kappa shape index (κ1) is 13.1. The van der Waals surface area contributed by atoms with Crippen LogP contribution in [-0.4, -0.2) is 5.75 Å². The molecule has 1 heteroatoms. The minimum Gasteiger partial charge on any atom is -0.122 e. The quantitative estimate of drug-likeness (QED) is 0.374. The molecule has 0 bridgehead atoms. The van der Waals surface area contributed by atoms with Crippen LogP contribution in [0.25, 0.3) is 0 Å². The average Bonchev–Trinajstić information content (AvgIpc) is 2.29. The molecule has 0 fully saturated rings. The molecule has 0 saturated carbocycles. The van der Waals surface area contributed by atoms with E-state index in [1.807, 2.05) is 11.8 Å². The molecular weight excluding hydrogens is 212 g/mol. The van der Waals surface area contributed by atoms with E-state index in [0.29, 0.717) is 0 Å². The third kappa shape index (κ3) is 6.52. The summed E-state index contributed by atoms with van der Waals surface area (Å²) in [5, 5.41) is 0. The number of allylic oxidation sites excluding steroid dienone is 3. The molecule has 0 aliphatic carbocycles. The van der Waals surface area contributed by atoms with Gasteiger partial charge in [-0.2, -0.15) is 0 Å². The molecule has 0 aliphatic rings. The number of hydrogen-bond acceptors (Lipinski definition) is 1. The summed E-state index contributed by atoms with van der Waals surface area (Å²) in [4.78, 5) is 1.34. The predicted octanol–water partition coefficient (Wildman–Crippen LogP) is 5.08. The lowest BCUT2D eigenvalue weighted by Crippen LogP contribution is -1.73. The summed E-state index contributed by atoms with van der Waals surface area (Å²) in [6.07, 6.45) is 9.13. The van der Waals surface area contributed by atoms with Crippen LogP contribution in [0.4, 0.5) is 0 Å². The van der Waals surface area contributed by atoms with Gasteiger partial charge in [-0.15, -0.1) is 11.8 Å². The second kappa shape index (κ2) is 8.23. The number of rotatable bonds is 6. The summed E-state index contributed by atoms with van der Waals surface area (Å²) < 4.78 is 0. The van der Waals surface area contributed by atoms with Gasteiger partial charge in [0.2, 0.25) is 0 Å². The van der Waals surface area contributed by atoms with Crippen LogP contribution in [-0.2, 0) is 0 Å². The van der Waals surface area contributed by atoms with E-state index in [-0.39, 0.29) is 0 Å². The Kier molecular flexibility index (Phi) is 6.75. The minimum absolute atomic E-state index is 1.07. The molecule has 0 N–H and O–H groups in total. The van der Waals surface area contributed by atoms with Crippen molar-refractivity contribution in [3.05, 3.63) is 54.1 Å². The normalized spacial score (nSPS) is 10.6. The monoisotopic (exact) mass is 232 g/mol. The van der Waals surface area contributed by atoms with Crippen molar-refractivity contribution in [2.45, 2.75) is 31.6 Å². The van der Waals surface area contributed by atoms with E-state index in [0.717, 1.165) is 18.6 Å². The van der Waals surface area contributed by atoms with E-state index >= 15 is 0 Å². The summed E-state index contributed by atoms with van der Waals surface area (Å²) in [6.45, 7) is 4.30. The van der Waals surface area contributed by atoms with Crippen molar-refractivity contribution in [3.63, 3.8) is 0 Å². The Morgan fingerprint density at radius 2 is 1.81 bits per heavy atom. The third-order valence-corrected chi connectivity index (χ3v) is 3.11. The molecule has 0 atom stereocenters. The van der Waals surface area contributed by atoms with E-state index < -0.39 is 0 Å². The summed E-state index contributed by atoms with van der Waals surface area (Å²) >= 11 is 1.88. The smallest absolute Gasteiger partial charge is 0.0160 e. The number of unbranched alkanes of at least 4 members (excludes halogenated alkanes) is 1. The van der Waals surface area contributed by atoms with Gasteiger partial charge in [-0.25, -0.2) is 0 Å². The van der Waals surface area contributed by atoms with Crippen molar-refractivity contribution < 1.29 is 0 Å². The van der Waals surface area contributed by atoms with Gasteiger partial charge >= 0.3 is 0 Å². The first-order chi connectivity index (χ1) is 7.79. The fourth-order valence-electron chi connectivity index (χ4n) is 1.32. The maximum absolute atomic E-state index is 2.29. The second-order valence-corrected chi connectivity index (χ2v) is 5.05. The molecule has 1 aromatic rings. The molecule has 0 nitrogen and oxygen atoms in total. The van der Waals surface area contributed by atoms with Gasteiger partial charge in [0.05, 0.1) is 0 Å². The Morgan fingerprint density at radius 3 is 2.50 bits per heavy atom. The molecule has 0 aliphatic heterocycles. The van der Waals surface area contributed by atoms with Crippen LogP contribution in [0.5, 0.6) is 0 Å². The third-order valence-electron chi connectivity index (χ3n) is 2.14. The lowest BCUT2D eigenvalue weighted by Gasteiger charge is -1.96. The molecule has 0 aromatic heterocycles. The molecule has 86 valence electrons. The molecule has 0 unspecified atom stereocenters. The lowest BCUT2D eigenvalue weighted by atomic mass is 10.2. The zero-order valence-corrected chi connectivity index (χ0v) is 11.0. The zero-order chi connectivity index (χ0) is 11.6. The highest BCUT2D eigenvalue weighted by molar-refractivity contribution is 7.99. The molecule has 1 rings (SSSR count). The van der Waals surface area contributed by atoms with Crippen molar-refractivity contribution in [2.24, 2.45) is 0 Å². The van der Waals surface area contributed by atoms with Crippen molar-refractivity contribution in [1.29, 1.82) is 0 Å². The Bertz CT molecular complexity index is 332. The van der Waals surface area contributed by atoms with Gasteiger partial charge in [0, 0.05) is 10.6 Å². The van der Waals surface area contributed by atoms with Crippen LogP contribution in [0.3, 0.4) is 0 Å². The molecule has 0 heterocycles. The van der Waals surface area contributed by atoms with E-state index in [1.165, 1.54) is 10.5 Å². The molecule has 0 amide bonds. The largest absolute Gasteiger partial charge is 0.122 e. The van der Waals surface area contributed by atoms with E-state index in [2.05, 4.69) is 62.4 Å². The fourth-order valence-corrected chi connectivity index (χ4v) is 2.09. The van der Waals surface area contributed by atoms with Crippen LogP contribution < -0.4 is 0 Å². The number of benzene rings is 1.